The maximum absolute atomic E-state index is 13.4. The van der Waals surface area contributed by atoms with Gasteiger partial charge in [0.2, 0.25) is 5.78 Å². The van der Waals surface area contributed by atoms with Crippen LogP contribution in [-0.2, 0) is 0 Å². The van der Waals surface area contributed by atoms with Crippen molar-refractivity contribution in [3.05, 3.63) is 34.4 Å². The van der Waals surface area contributed by atoms with Gasteiger partial charge in [-0.15, -0.1) is 0 Å². The number of carbonyl (C=O) groups is 2. The van der Waals surface area contributed by atoms with Crippen LogP contribution >= 0.6 is 0 Å². The molecular weight excluding hydrogens is 412 g/mol. The highest BCUT2D eigenvalue weighted by Crippen LogP contribution is 2.47. The number of nitrogens with two attached hydrogens (primary N) is 2. The highest BCUT2D eigenvalue weighted by Gasteiger charge is 2.39. The van der Waals surface area contributed by atoms with Crippen LogP contribution in [0.15, 0.2) is 12.1 Å². The predicted octanol–water partition coefficient (Wildman–Crippen LogP) is 4.18. The number of ketones is 2. The van der Waals surface area contributed by atoms with Crippen LogP contribution in [0.4, 0.5) is 11.4 Å². The lowest BCUT2D eigenvalue weighted by atomic mass is 9.81. The predicted molar refractivity (Wildman–Crippen MR) is 122 cm³/mol. The molecule has 2 aromatic rings. The van der Waals surface area contributed by atoms with Gasteiger partial charge in [-0.05, 0) is 12.8 Å². The van der Waals surface area contributed by atoms with E-state index in [1.165, 1.54) is 12.1 Å². The molecule has 32 heavy (non-hydrogen) atoms. The molecule has 8 heteroatoms. The minimum absolute atomic E-state index is 0.00827. The van der Waals surface area contributed by atoms with Gasteiger partial charge in [0.25, 0.3) is 0 Å². The number of hydrogen-bond donors (Lipinski definition) is 4. The fraction of sp³-hybridized carbons (Fsp3) is 0.417. The molecule has 0 fully saturated rings. The fourth-order valence-electron chi connectivity index (χ4n) is 3.81. The molecule has 0 saturated heterocycles. The molecule has 1 aliphatic carbocycles. The molecule has 0 saturated carbocycles. The highest BCUT2D eigenvalue weighted by atomic mass is 16.5. The molecule has 0 unspecified atom stereocenters. The van der Waals surface area contributed by atoms with Crippen molar-refractivity contribution in [3.8, 4) is 23.0 Å². The number of rotatable bonds is 10. The van der Waals surface area contributed by atoms with Crippen molar-refractivity contribution in [1.29, 1.82) is 0 Å². The molecule has 6 N–H and O–H groups in total. The first-order valence-corrected chi connectivity index (χ1v) is 11.0. The third kappa shape index (κ3) is 4.17. The molecule has 0 amide bonds. The zero-order valence-electron chi connectivity index (χ0n) is 18.5. The quantitative estimate of drug-likeness (QED) is 0.208. The molecule has 8 nitrogen and oxygen atoms in total. The number of fused-ring (bicyclic) bond motifs is 2. The van der Waals surface area contributed by atoms with Gasteiger partial charge in [0.15, 0.2) is 28.8 Å². The first-order valence-electron chi connectivity index (χ1n) is 11.0. The Morgan fingerprint density at radius 3 is 1.44 bits per heavy atom. The van der Waals surface area contributed by atoms with E-state index in [0.717, 1.165) is 38.5 Å². The van der Waals surface area contributed by atoms with Crippen molar-refractivity contribution >= 4 is 22.9 Å². The summed E-state index contributed by atoms with van der Waals surface area (Å²) in [6.45, 7) is 4.75. The average molecular weight is 443 g/mol. The third-order valence-electron chi connectivity index (χ3n) is 5.51. The number of carbonyl (C=O) groups excluding carboxylic acids is 2. The van der Waals surface area contributed by atoms with Crippen LogP contribution in [0.1, 0.15) is 84.2 Å². The molecule has 0 atom stereocenters. The Labute approximate surface area is 187 Å². The first kappa shape index (κ1) is 23.2. The smallest absolute Gasteiger partial charge is 0.202 e. The van der Waals surface area contributed by atoms with Crippen molar-refractivity contribution in [1.82, 2.24) is 0 Å². The molecule has 0 radical (unpaired) electrons. The van der Waals surface area contributed by atoms with Gasteiger partial charge >= 0.3 is 0 Å². The largest absolute Gasteiger partial charge is 0.504 e. The zero-order chi connectivity index (χ0) is 23.4. The Hall–Kier alpha value is -3.42. The van der Waals surface area contributed by atoms with Crippen molar-refractivity contribution < 1.29 is 29.3 Å². The van der Waals surface area contributed by atoms with Gasteiger partial charge in [0, 0.05) is 23.5 Å². The number of nitrogen functional groups attached to an aromatic ring is 2. The second-order valence-corrected chi connectivity index (χ2v) is 7.89. The van der Waals surface area contributed by atoms with E-state index in [-0.39, 0.29) is 45.1 Å². The number of phenols is 2. The second-order valence-electron chi connectivity index (χ2n) is 7.89. The Balaban J connectivity index is 2.04. The third-order valence-corrected chi connectivity index (χ3v) is 5.51. The van der Waals surface area contributed by atoms with Crippen LogP contribution in [-0.4, -0.2) is 35.0 Å². The number of unbranched alkanes of at least 4 members (excludes halogenated alkanes) is 4. The number of anilines is 2. The number of benzene rings is 2. The van der Waals surface area contributed by atoms with E-state index in [9.17, 15) is 19.8 Å². The van der Waals surface area contributed by atoms with Crippen LogP contribution in [0, 0.1) is 0 Å². The van der Waals surface area contributed by atoms with Gasteiger partial charge in [-0.25, -0.2) is 0 Å². The Morgan fingerprint density at radius 2 is 1.06 bits per heavy atom. The molecule has 0 spiro atoms. The lowest BCUT2D eigenvalue weighted by molar-refractivity contribution is 0.0974. The molecule has 0 aromatic heterocycles. The normalized spacial score (nSPS) is 12.4. The van der Waals surface area contributed by atoms with E-state index < -0.39 is 23.1 Å². The number of aromatic hydroxyl groups is 2. The van der Waals surface area contributed by atoms with Crippen molar-refractivity contribution in [2.45, 2.75) is 52.4 Å². The monoisotopic (exact) mass is 442 g/mol. The van der Waals surface area contributed by atoms with Gasteiger partial charge in [-0.1, -0.05) is 39.5 Å². The van der Waals surface area contributed by atoms with E-state index in [2.05, 4.69) is 13.8 Å². The maximum atomic E-state index is 13.4. The summed E-state index contributed by atoms with van der Waals surface area (Å²) in [6, 6.07) is 2.66. The van der Waals surface area contributed by atoms with E-state index in [0.29, 0.717) is 13.2 Å². The maximum Gasteiger partial charge on any atom is 0.202 e. The van der Waals surface area contributed by atoms with Crippen LogP contribution in [0.2, 0.25) is 0 Å². The van der Waals surface area contributed by atoms with Gasteiger partial charge in [0.1, 0.15) is 0 Å². The lowest BCUT2D eigenvalue weighted by Gasteiger charge is -2.24. The molecule has 0 bridgehead atoms. The molecule has 0 aliphatic heterocycles. The Bertz CT molecular complexity index is 968. The average Bonchev–Trinajstić information content (AvgIpc) is 2.76. The number of phenolic OH excluding ortho intramolecular Hbond substituents is 2. The van der Waals surface area contributed by atoms with Gasteiger partial charge in [-0.2, -0.15) is 0 Å². The second kappa shape index (κ2) is 9.80. The molecule has 2 aromatic carbocycles. The van der Waals surface area contributed by atoms with Crippen LogP contribution in [0.25, 0.3) is 0 Å². The Kier molecular flexibility index (Phi) is 7.12. The fourth-order valence-corrected chi connectivity index (χ4v) is 3.81. The Morgan fingerprint density at radius 1 is 0.688 bits per heavy atom. The molecule has 172 valence electrons. The number of ether oxygens (including phenoxy) is 2. The summed E-state index contributed by atoms with van der Waals surface area (Å²) >= 11 is 0. The number of hydrogen-bond acceptors (Lipinski definition) is 8. The van der Waals surface area contributed by atoms with Crippen LogP contribution < -0.4 is 20.9 Å². The summed E-state index contributed by atoms with van der Waals surface area (Å²) in [5, 5.41) is 21.5. The highest BCUT2D eigenvalue weighted by molar-refractivity contribution is 6.33. The summed E-state index contributed by atoms with van der Waals surface area (Å²) in [4.78, 5) is 26.6. The summed E-state index contributed by atoms with van der Waals surface area (Å²) in [5.74, 6) is -2.35. The van der Waals surface area contributed by atoms with E-state index in [1.807, 2.05) is 0 Å². The van der Waals surface area contributed by atoms with Gasteiger partial charge in [-0.3, -0.25) is 9.59 Å². The van der Waals surface area contributed by atoms with Gasteiger partial charge in [0.05, 0.1) is 35.5 Å². The van der Waals surface area contributed by atoms with Crippen molar-refractivity contribution in [2.75, 3.05) is 24.7 Å². The van der Waals surface area contributed by atoms with E-state index in [4.69, 9.17) is 20.9 Å². The molecule has 3 rings (SSSR count). The van der Waals surface area contributed by atoms with Crippen LogP contribution in [0.3, 0.4) is 0 Å². The van der Waals surface area contributed by atoms with Crippen molar-refractivity contribution in [2.24, 2.45) is 0 Å². The van der Waals surface area contributed by atoms with Crippen molar-refractivity contribution in [3.63, 3.8) is 0 Å². The summed E-state index contributed by atoms with van der Waals surface area (Å²) < 4.78 is 11.2. The lowest BCUT2D eigenvalue weighted by Crippen LogP contribution is -2.24. The summed E-state index contributed by atoms with van der Waals surface area (Å²) in [7, 11) is 0. The van der Waals surface area contributed by atoms with E-state index >= 15 is 0 Å². The topological polar surface area (TPSA) is 145 Å². The molecule has 1 aliphatic rings. The standard InChI is InChI=1S/C24H30N2O6/c1-3-5-7-9-31-15-11-13(25)17-19(21(15)27)24(30)20-18(23(17)29)14(26)12-16(22(20)28)32-10-8-6-4-2/h11-12,27-28H,3-10,25-26H2,1-2H3. The summed E-state index contributed by atoms with van der Waals surface area (Å²) in [5.41, 5.74) is 11.2. The van der Waals surface area contributed by atoms with Gasteiger partial charge < -0.3 is 31.2 Å². The first-order chi connectivity index (χ1) is 15.3. The zero-order valence-corrected chi connectivity index (χ0v) is 18.5. The molecular formula is C24H30N2O6. The minimum atomic E-state index is -0.763. The minimum Gasteiger partial charge on any atom is -0.504 e. The SMILES string of the molecule is CCCCCOc1cc(N)c2c(c1O)C(=O)c1c(O)c(OCCCCC)cc(N)c1C2=O. The van der Waals surface area contributed by atoms with Crippen LogP contribution in [0.5, 0.6) is 23.0 Å². The van der Waals surface area contributed by atoms with E-state index in [1.54, 1.807) is 0 Å². The summed E-state index contributed by atoms with van der Waals surface area (Å²) in [6.07, 6.45) is 5.40. The molecule has 0 heterocycles.